The minimum Gasteiger partial charge on any atom is -0.488 e. The summed E-state index contributed by atoms with van der Waals surface area (Å²) >= 11 is 0. The first kappa shape index (κ1) is 20.6. The first-order valence-corrected chi connectivity index (χ1v) is 9.48. The van der Waals surface area contributed by atoms with Gasteiger partial charge in [-0.05, 0) is 55.3 Å². The van der Waals surface area contributed by atoms with E-state index in [9.17, 15) is 9.90 Å². The fourth-order valence-electron chi connectivity index (χ4n) is 2.91. The Hall–Kier alpha value is -3.15. The summed E-state index contributed by atoms with van der Waals surface area (Å²) in [4.78, 5) is 12.5. The number of aliphatic hydroxyl groups excluding tert-OH is 1. The largest absolute Gasteiger partial charge is 0.488 e. The van der Waals surface area contributed by atoms with Gasteiger partial charge in [-0.15, -0.1) is 0 Å². The molecule has 3 N–H and O–H groups in total. The molecule has 2 unspecified atom stereocenters. The van der Waals surface area contributed by atoms with Crippen LogP contribution in [0.3, 0.4) is 0 Å². The lowest BCUT2D eigenvalue weighted by atomic mass is 10.0. The summed E-state index contributed by atoms with van der Waals surface area (Å²) in [5, 5.41) is 10.3. The number of aliphatic hydroxyl groups is 1. The zero-order valence-electron chi connectivity index (χ0n) is 16.5. The second kappa shape index (κ2) is 9.37. The van der Waals surface area contributed by atoms with Crippen molar-refractivity contribution in [2.24, 2.45) is 5.73 Å². The van der Waals surface area contributed by atoms with Gasteiger partial charge >= 0.3 is 5.97 Å². The highest BCUT2D eigenvalue weighted by molar-refractivity contribution is 5.91. The van der Waals surface area contributed by atoms with E-state index in [1.54, 1.807) is 49.4 Å². The van der Waals surface area contributed by atoms with E-state index in [2.05, 4.69) is 0 Å². The molecule has 0 fully saturated rings. The van der Waals surface area contributed by atoms with E-state index >= 15 is 0 Å². The van der Waals surface area contributed by atoms with E-state index in [1.807, 2.05) is 37.3 Å². The number of rotatable bonds is 7. The number of esters is 1. The van der Waals surface area contributed by atoms with E-state index in [-0.39, 0.29) is 6.61 Å². The van der Waals surface area contributed by atoms with Gasteiger partial charge in [0.05, 0.1) is 11.7 Å². The molecular formula is C24H25NO4. The molecule has 0 aliphatic rings. The number of hydrogen-bond acceptors (Lipinski definition) is 5. The summed E-state index contributed by atoms with van der Waals surface area (Å²) in [7, 11) is 0. The lowest BCUT2D eigenvalue weighted by molar-refractivity contribution is 0.0731. The van der Waals surface area contributed by atoms with E-state index in [0.717, 1.165) is 11.3 Å². The predicted molar refractivity (Wildman–Crippen MR) is 112 cm³/mol. The Bertz CT molecular complexity index is 970. The molecule has 29 heavy (non-hydrogen) atoms. The van der Waals surface area contributed by atoms with Crippen LogP contribution in [0.25, 0.3) is 0 Å². The monoisotopic (exact) mass is 391 g/mol. The van der Waals surface area contributed by atoms with Crippen molar-refractivity contribution in [1.29, 1.82) is 0 Å². The van der Waals surface area contributed by atoms with Crippen LogP contribution in [0.4, 0.5) is 0 Å². The van der Waals surface area contributed by atoms with Crippen LogP contribution in [-0.4, -0.2) is 17.1 Å². The van der Waals surface area contributed by atoms with Crippen molar-refractivity contribution < 1.29 is 19.4 Å². The van der Waals surface area contributed by atoms with Crippen LogP contribution in [0, 0.1) is 6.92 Å². The SMILES string of the molecule is Cc1ccccc1OCc1cc(C(O)C(C)N)ccc1OC(=O)c1ccccc1. The van der Waals surface area contributed by atoms with Gasteiger partial charge in [-0.2, -0.15) is 0 Å². The predicted octanol–water partition coefficient (Wildman–Crippen LogP) is 4.17. The molecule has 5 heteroatoms. The molecule has 150 valence electrons. The van der Waals surface area contributed by atoms with E-state index in [4.69, 9.17) is 15.2 Å². The third kappa shape index (κ3) is 5.22. The molecule has 5 nitrogen and oxygen atoms in total. The van der Waals surface area contributed by atoms with Gasteiger partial charge in [-0.3, -0.25) is 0 Å². The first-order chi connectivity index (χ1) is 14.0. The number of ether oxygens (including phenoxy) is 2. The molecule has 3 aromatic carbocycles. The standard InChI is InChI=1S/C24H25NO4/c1-16-8-6-7-11-21(16)28-15-20-14-19(23(26)17(2)25)12-13-22(20)29-24(27)18-9-4-3-5-10-18/h3-14,17,23,26H,15,25H2,1-2H3. The van der Waals surface area contributed by atoms with Crippen molar-refractivity contribution in [3.05, 3.63) is 95.1 Å². The van der Waals surface area contributed by atoms with Crippen molar-refractivity contribution in [3.8, 4) is 11.5 Å². The third-order valence-corrected chi connectivity index (χ3v) is 4.61. The minimum atomic E-state index is -0.828. The van der Waals surface area contributed by atoms with Gasteiger partial charge < -0.3 is 20.3 Å². The average Bonchev–Trinajstić information content (AvgIpc) is 2.74. The number of nitrogens with two attached hydrogens (primary N) is 1. The molecular weight excluding hydrogens is 366 g/mol. The van der Waals surface area contributed by atoms with Crippen LogP contribution in [0.2, 0.25) is 0 Å². The summed E-state index contributed by atoms with van der Waals surface area (Å²) in [6.45, 7) is 3.88. The Morgan fingerprint density at radius 3 is 2.38 bits per heavy atom. The normalized spacial score (nSPS) is 12.8. The Balaban J connectivity index is 1.87. The van der Waals surface area contributed by atoms with Crippen molar-refractivity contribution in [1.82, 2.24) is 0 Å². The van der Waals surface area contributed by atoms with Crippen LogP contribution in [0.1, 0.15) is 40.1 Å². The van der Waals surface area contributed by atoms with Crippen molar-refractivity contribution >= 4 is 5.97 Å². The number of carbonyl (C=O) groups is 1. The average molecular weight is 391 g/mol. The van der Waals surface area contributed by atoms with Crippen molar-refractivity contribution in [2.45, 2.75) is 32.6 Å². The van der Waals surface area contributed by atoms with Gasteiger partial charge in [0.2, 0.25) is 0 Å². The smallest absolute Gasteiger partial charge is 0.343 e. The van der Waals surface area contributed by atoms with Crippen LogP contribution in [0.5, 0.6) is 11.5 Å². The fourth-order valence-corrected chi connectivity index (χ4v) is 2.91. The highest BCUT2D eigenvalue weighted by atomic mass is 16.5. The molecule has 0 saturated carbocycles. The van der Waals surface area contributed by atoms with E-state index in [0.29, 0.717) is 22.4 Å². The van der Waals surface area contributed by atoms with Gasteiger partial charge in [0, 0.05) is 11.6 Å². The molecule has 0 aromatic heterocycles. The number of carbonyl (C=O) groups excluding carboxylic acids is 1. The molecule has 0 spiro atoms. The number of para-hydroxylation sites is 1. The second-order valence-electron chi connectivity index (χ2n) is 6.98. The van der Waals surface area contributed by atoms with Gasteiger partial charge in [0.15, 0.2) is 0 Å². The Kier molecular flexibility index (Phi) is 6.65. The maximum absolute atomic E-state index is 12.5. The molecule has 0 aliphatic heterocycles. The first-order valence-electron chi connectivity index (χ1n) is 9.48. The lowest BCUT2D eigenvalue weighted by Gasteiger charge is -2.18. The van der Waals surface area contributed by atoms with Crippen molar-refractivity contribution in [2.75, 3.05) is 0 Å². The van der Waals surface area contributed by atoms with Crippen LogP contribution in [-0.2, 0) is 6.61 Å². The molecule has 0 bridgehead atoms. The maximum Gasteiger partial charge on any atom is 0.343 e. The summed E-state index contributed by atoms with van der Waals surface area (Å²) in [5.41, 5.74) is 8.58. The number of hydrogen-bond donors (Lipinski definition) is 2. The van der Waals surface area contributed by atoms with Crippen LogP contribution < -0.4 is 15.2 Å². The number of benzene rings is 3. The molecule has 3 aromatic rings. The van der Waals surface area contributed by atoms with Crippen molar-refractivity contribution in [3.63, 3.8) is 0 Å². The molecule has 0 heterocycles. The summed E-state index contributed by atoms with van der Waals surface area (Å²) in [6.07, 6.45) is -0.828. The second-order valence-corrected chi connectivity index (χ2v) is 6.98. The molecule has 0 saturated heterocycles. The van der Waals surface area contributed by atoms with Gasteiger partial charge in [0.1, 0.15) is 18.1 Å². The van der Waals surface area contributed by atoms with E-state index in [1.165, 1.54) is 0 Å². The Morgan fingerprint density at radius 2 is 1.69 bits per heavy atom. The Labute approximate surface area is 170 Å². The van der Waals surface area contributed by atoms with Gasteiger partial charge in [-0.1, -0.05) is 42.5 Å². The molecule has 0 aliphatic carbocycles. The third-order valence-electron chi connectivity index (χ3n) is 4.61. The van der Waals surface area contributed by atoms with E-state index < -0.39 is 18.1 Å². The highest BCUT2D eigenvalue weighted by Crippen LogP contribution is 2.28. The quantitative estimate of drug-likeness (QED) is 0.467. The zero-order chi connectivity index (χ0) is 20.8. The zero-order valence-corrected chi connectivity index (χ0v) is 16.5. The molecule has 0 amide bonds. The summed E-state index contributed by atoms with van der Waals surface area (Å²) in [5.74, 6) is 0.669. The van der Waals surface area contributed by atoms with Crippen LogP contribution >= 0.6 is 0 Å². The molecule has 0 radical (unpaired) electrons. The lowest BCUT2D eigenvalue weighted by Crippen LogP contribution is -2.24. The molecule has 3 rings (SSSR count). The van der Waals surface area contributed by atoms with Gasteiger partial charge in [-0.25, -0.2) is 4.79 Å². The highest BCUT2D eigenvalue weighted by Gasteiger charge is 2.17. The van der Waals surface area contributed by atoms with Gasteiger partial charge in [0.25, 0.3) is 0 Å². The maximum atomic E-state index is 12.5. The summed E-state index contributed by atoms with van der Waals surface area (Å²) in [6, 6.07) is 21.2. The van der Waals surface area contributed by atoms with Crippen LogP contribution in [0.15, 0.2) is 72.8 Å². The molecule has 2 atom stereocenters. The minimum absolute atomic E-state index is 0.182. The summed E-state index contributed by atoms with van der Waals surface area (Å²) < 4.78 is 11.6. The Morgan fingerprint density at radius 1 is 1.00 bits per heavy atom. The number of aryl methyl sites for hydroxylation is 1. The topological polar surface area (TPSA) is 81.8 Å². The fraction of sp³-hybridized carbons (Fsp3) is 0.208.